The number of carboxylic acids is 1. The number of β-amino-alcohol motifs (C(OH)–C–C–N with tert-alkyl or cyclic N) is 1. The number of nitrogens with zero attached hydrogens (tertiary/aromatic N) is 2. The number of aromatic carboxylic acids is 1. The maximum atomic E-state index is 11.0. The lowest BCUT2D eigenvalue weighted by Crippen LogP contribution is -2.46. The lowest BCUT2D eigenvalue weighted by atomic mass is 9.95. The van der Waals surface area contributed by atoms with Crippen LogP contribution in [0.25, 0.3) is 0 Å². The predicted octanol–water partition coefficient (Wildman–Crippen LogP) is 1.78. The van der Waals surface area contributed by atoms with E-state index >= 15 is 0 Å². The van der Waals surface area contributed by atoms with E-state index in [-0.39, 0.29) is 10.7 Å². The first-order valence-corrected chi connectivity index (χ1v) is 6.14. The van der Waals surface area contributed by atoms with Crippen LogP contribution in [0.5, 0.6) is 0 Å². The molecule has 1 aromatic rings. The summed E-state index contributed by atoms with van der Waals surface area (Å²) >= 11 is 5.77. The third-order valence-electron chi connectivity index (χ3n) is 3.03. The van der Waals surface area contributed by atoms with Crippen molar-refractivity contribution in [2.75, 3.05) is 18.0 Å². The fourth-order valence-electron chi connectivity index (χ4n) is 2.17. The highest BCUT2D eigenvalue weighted by molar-refractivity contribution is 6.33. The number of rotatable bonds is 2. The van der Waals surface area contributed by atoms with Crippen LogP contribution in [0.15, 0.2) is 12.1 Å². The van der Waals surface area contributed by atoms with Crippen LogP contribution >= 0.6 is 11.6 Å². The van der Waals surface area contributed by atoms with E-state index < -0.39 is 11.6 Å². The second-order valence-corrected chi connectivity index (χ2v) is 5.23. The Morgan fingerprint density at radius 1 is 1.56 bits per heavy atom. The van der Waals surface area contributed by atoms with Crippen molar-refractivity contribution in [1.29, 1.82) is 0 Å². The number of halogens is 1. The fraction of sp³-hybridized carbons (Fsp3) is 0.500. The number of piperidine rings is 1. The minimum Gasteiger partial charge on any atom is -0.476 e. The average molecular weight is 271 g/mol. The third kappa shape index (κ3) is 2.73. The molecule has 1 aliphatic rings. The molecule has 1 fully saturated rings. The fourth-order valence-corrected chi connectivity index (χ4v) is 2.36. The summed E-state index contributed by atoms with van der Waals surface area (Å²) < 4.78 is 0. The minimum absolute atomic E-state index is 0.120. The summed E-state index contributed by atoms with van der Waals surface area (Å²) in [5, 5.41) is 19.1. The molecule has 0 saturated carbocycles. The molecule has 1 saturated heterocycles. The molecule has 1 unspecified atom stereocenters. The van der Waals surface area contributed by atoms with Gasteiger partial charge < -0.3 is 15.1 Å². The molecular formula is C12H15ClN2O3. The van der Waals surface area contributed by atoms with Crippen LogP contribution in [-0.4, -0.2) is 39.9 Å². The van der Waals surface area contributed by atoms with Crippen molar-refractivity contribution >= 4 is 23.4 Å². The summed E-state index contributed by atoms with van der Waals surface area (Å²) in [6, 6.07) is 3.20. The van der Waals surface area contributed by atoms with Gasteiger partial charge in [-0.15, -0.1) is 0 Å². The molecule has 2 rings (SSSR count). The maximum Gasteiger partial charge on any atom is 0.356 e. The maximum absolute atomic E-state index is 11.0. The third-order valence-corrected chi connectivity index (χ3v) is 3.34. The Morgan fingerprint density at radius 2 is 2.28 bits per heavy atom. The Bertz CT molecular complexity index is 476. The number of hydrogen-bond donors (Lipinski definition) is 2. The molecule has 2 N–H and O–H groups in total. The standard InChI is InChI=1S/C12H15ClN2O3/c1-12(18)5-2-6-15(7-12)9-4-3-8(13)10(14-9)11(16)17/h3-4,18H,2,5-7H2,1H3,(H,16,17). The lowest BCUT2D eigenvalue weighted by molar-refractivity contribution is 0.0447. The van der Waals surface area contributed by atoms with Crippen molar-refractivity contribution in [3.63, 3.8) is 0 Å². The monoisotopic (exact) mass is 270 g/mol. The molecule has 0 bridgehead atoms. The quantitative estimate of drug-likeness (QED) is 0.857. The van der Waals surface area contributed by atoms with Crippen molar-refractivity contribution < 1.29 is 15.0 Å². The van der Waals surface area contributed by atoms with Gasteiger partial charge in [0, 0.05) is 13.1 Å². The van der Waals surface area contributed by atoms with Crippen molar-refractivity contribution in [3.05, 3.63) is 22.8 Å². The van der Waals surface area contributed by atoms with E-state index in [0.29, 0.717) is 12.4 Å². The molecule has 0 spiro atoms. The summed E-state index contributed by atoms with van der Waals surface area (Å²) in [6.45, 7) is 2.97. The number of pyridine rings is 1. The van der Waals surface area contributed by atoms with Gasteiger partial charge in [-0.1, -0.05) is 11.6 Å². The lowest BCUT2D eigenvalue weighted by Gasteiger charge is -2.37. The summed E-state index contributed by atoms with van der Waals surface area (Å²) in [6.07, 6.45) is 1.59. The SMILES string of the molecule is CC1(O)CCCN(c2ccc(Cl)c(C(=O)O)n2)C1. The summed E-state index contributed by atoms with van der Waals surface area (Å²) in [5.74, 6) is -0.609. The number of aliphatic hydroxyl groups is 1. The topological polar surface area (TPSA) is 73.7 Å². The molecule has 18 heavy (non-hydrogen) atoms. The highest BCUT2D eigenvalue weighted by Gasteiger charge is 2.29. The minimum atomic E-state index is -1.15. The Morgan fingerprint density at radius 3 is 2.89 bits per heavy atom. The van der Waals surface area contributed by atoms with Gasteiger partial charge >= 0.3 is 5.97 Å². The van der Waals surface area contributed by atoms with Gasteiger partial charge in [-0.3, -0.25) is 0 Å². The zero-order chi connectivity index (χ0) is 13.3. The number of carbonyl (C=O) groups is 1. The number of hydrogen-bond acceptors (Lipinski definition) is 4. The van der Waals surface area contributed by atoms with Crippen LogP contribution in [0.1, 0.15) is 30.3 Å². The van der Waals surface area contributed by atoms with Crippen LogP contribution in [0.4, 0.5) is 5.82 Å². The molecule has 0 amide bonds. The van der Waals surface area contributed by atoms with Crippen LogP contribution in [0.3, 0.4) is 0 Å². The molecule has 98 valence electrons. The number of anilines is 1. The predicted molar refractivity (Wildman–Crippen MR) is 68.3 cm³/mol. The Kier molecular flexibility index (Phi) is 3.45. The number of aromatic nitrogens is 1. The highest BCUT2D eigenvalue weighted by Crippen LogP contribution is 2.26. The molecule has 5 nitrogen and oxygen atoms in total. The zero-order valence-corrected chi connectivity index (χ0v) is 10.8. The molecule has 0 aromatic carbocycles. The Labute approximate surface area is 110 Å². The van der Waals surface area contributed by atoms with E-state index in [4.69, 9.17) is 16.7 Å². The van der Waals surface area contributed by atoms with Gasteiger partial charge in [0.1, 0.15) is 5.82 Å². The van der Waals surface area contributed by atoms with E-state index in [1.54, 1.807) is 13.0 Å². The Hall–Kier alpha value is -1.33. The zero-order valence-electron chi connectivity index (χ0n) is 10.1. The molecule has 1 atom stereocenters. The van der Waals surface area contributed by atoms with E-state index in [1.807, 2.05) is 4.90 Å². The normalized spacial score (nSPS) is 24.1. The molecule has 1 aromatic heterocycles. The molecule has 0 aliphatic carbocycles. The second kappa shape index (κ2) is 4.74. The molecule has 0 radical (unpaired) electrons. The van der Waals surface area contributed by atoms with Gasteiger partial charge in [-0.05, 0) is 31.9 Å². The molecule has 1 aliphatic heterocycles. The second-order valence-electron chi connectivity index (χ2n) is 4.83. The van der Waals surface area contributed by atoms with Gasteiger partial charge in [0.2, 0.25) is 0 Å². The summed E-state index contributed by atoms with van der Waals surface area (Å²) in [4.78, 5) is 16.9. The van der Waals surface area contributed by atoms with E-state index in [2.05, 4.69) is 4.98 Å². The first-order valence-electron chi connectivity index (χ1n) is 5.76. The van der Waals surface area contributed by atoms with Crippen molar-refractivity contribution in [3.8, 4) is 0 Å². The smallest absolute Gasteiger partial charge is 0.356 e. The molecule has 6 heteroatoms. The van der Waals surface area contributed by atoms with Gasteiger partial charge in [-0.2, -0.15) is 0 Å². The van der Waals surface area contributed by atoms with Crippen molar-refractivity contribution in [2.45, 2.75) is 25.4 Å². The van der Waals surface area contributed by atoms with E-state index in [0.717, 1.165) is 19.4 Å². The van der Waals surface area contributed by atoms with Gasteiger partial charge in [0.05, 0.1) is 10.6 Å². The van der Waals surface area contributed by atoms with Crippen LogP contribution in [0, 0.1) is 0 Å². The van der Waals surface area contributed by atoms with Crippen molar-refractivity contribution in [1.82, 2.24) is 4.98 Å². The number of carboxylic acid groups (broad SMARTS) is 1. The summed E-state index contributed by atoms with van der Waals surface area (Å²) in [5.41, 5.74) is -0.914. The first kappa shape index (κ1) is 13.1. The van der Waals surface area contributed by atoms with Gasteiger partial charge in [0.15, 0.2) is 5.69 Å². The average Bonchev–Trinajstić information content (AvgIpc) is 2.27. The summed E-state index contributed by atoms with van der Waals surface area (Å²) in [7, 11) is 0. The first-order chi connectivity index (χ1) is 8.39. The van der Waals surface area contributed by atoms with Gasteiger partial charge in [0.25, 0.3) is 0 Å². The van der Waals surface area contributed by atoms with E-state index in [1.165, 1.54) is 6.07 Å². The van der Waals surface area contributed by atoms with Crippen LogP contribution in [-0.2, 0) is 0 Å². The highest BCUT2D eigenvalue weighted by atomic mass is 35.5. The van der Waals surface area contributed by atoms with Crippen LogP contribution < -0.4 is 4.90 Å². The largest absolute Gasteiger partial charge is 0.476 e. The van der Waals surface area contributed by atoms with Crippen LogP contribution in [0.2, 0.25) is 5.02 Å². The molecule has 2 heterocycles. The van der Waals surface area contributed by atoms with E-state index in [9.17, 15) is 9.90 Å². The van der Waals surface area contributed by atoms with Crippen molar-refractivity contribution in [2.24, 2.45) is 0 Å². The Balaban J connectivity index is 2.28. The molecular weight excluding hydrogens is 256 g/mol. The van der Waals surface area contributed by atoms with Gasteiger partial charge in [-0.25, -0.2) is 9.78 Å².